The van der Waals surface area contributed by atoms with Gasteiger partial charge in [-0.1, -0.05) is 30.3 Å². The Morgan fingerprint density at radius 1 is 1.10 bits per heavy atom. The van der Waals surface area contributed by atoms with E-state index in [4.69, 9.17) is 0 Å². The molecule has 1 aliphatic heterocycles. The third-order valence-corrected chi connectivity index (χ3v) is 6.81. The summed E-state index contributed by atoms with van der Waals surface area (Å²) in [4.78, 5) is 28.3. The van der Waals surface area contributed by atoms with Gasteiger partial charge in [0, 0.05) is 18.5 Å². The first-order chi connectivity index (χ1) is 14.6. The maximum absolute atomic E-state index is 13.5. The van der Waals surface area contributed by atoms with Crippen LogP contribution in [0.1, 0.15) is 64.5 Å². The normalized spacial score (nSPS) is 20.0. The molecule has 2 N–H and O–H groups in total. The first kappa shape index (κ1) is 23.5. The lowest BCUT2D eigenvalue weighted by Crippen LogP contribution is -2.66. The Balaban J connectivity index is 1.75. The van der Waals surface area contributed by atoms with Crippen molar-refractivity contribution in [1.29, 1.82) is 0 Å². The van der Waals surface area contributed by atoms with Crippen LogP contribution >= 0.6 is 0 Å². The van der Waals surface area contributed by atoms with E-state index in [1.807, 2.05) is 26.8 Å². The number of carbonyl (C=O) groups is 2. The SMILES string of the molecule is C=CCCC(NC(C)=O)(C(=O)NC(C)(C)C)C1CCN(C2Cc3ccccc3C2)CC1. The number of rotatable bonds is 7. The minimum Gasteiger partial charge on any atom is -0.349 e. The monoisotopic (exact) mass is 425 g/mol. The van der Waals surface area contributed by atoms with Crippen molar-refractivity contribution in [2.24, 2.45) is 5.92 Å². The van der Waals surface area contributed by atoms with Crippen LogP contribution in [0, 0.1) is 5.92 Å². The van der Waals surface area contributed by atoms with E-state index in [2.05, 4.69) is 46.4 Å². The molecule has 1 saturated heterocycles. The van der Waals surface area contributed by atoms with E-state index in [0.717, 1.165) is 38.8 Å². The summed E-state index contributed by atoms with van der Waals surface area (Å²) in [6.07, 6.45) is 7.14. The van der Waals surface area contributed by atoms with Gasteiger partial charge in [0.05, 0.1) is 0 Å². The van der Waals surface area contributed by atoms with Crippen molar-refractivity contribution in [3.8, 4) is 0 Å². The Morgan fingerprint density at radius 3 is 2.16 bits per heavy atom. The van der Waals surface area contributed by atoms with E-state index in [1.165, 1.54) is 18.1 Å². The maximum atomic E-state index is 13.5. The summed E-state index contributed by atoms with van der Waals surface area (Å²) in [6, 6.07) is 9.29. The van der Waals surface area contributed by atoms with Crippen molar-refractivity contribution >= 4 is 11.8 Å². The number of carbonyl (C=O) groups excluding carboxylic acids is 2. The van der Waals surface area contributed by atoms with Crippen LogP contribution in [0.25, 0.3) is 0 Å². The number of hydrogen-bond donors (Lipinski definition) is 2. The highest BCUT2D eigenvalue weighted by atomic mass is 16.2. The lowest BCUT2D eigenvalue weighted by Gasteiger charge is -2.46. The number of allylic oxidation sites excluding steroid dienone is 1. The van der Waals surface area contributed by atoms with E-state index < -0.39 is 5.54 Å². The molecule has 1 atom stereocenters. The molecule has 2 amide bonds. The van der Waals surface area contributed by atoms with Crippen LogP contribution in [0.2, 0.25) is 0 Å². The van der Waals surface area contributed by atoms with Gasteiger partial charge in [0.25, 0.3) is 0 Å². The minimum absolute atomic E-state index is 0.0660. The summed E-state index contributed by atoms with van der Waals surface area (Å²) >= 11 is 0. The summed E-state index contributed by atoms with van der Waals surface area (Å²) in [5.74, 6) is -0.107. The molecule has 1 heterocycles. The predicted molar refractivity (Wildman–Crippen MR) is 126 cm³/mol. The van der Waals surface area contributed by atoms with Gasteiger partial charge < -0.3 is 10.6 Å². The van der Waals surface area contributed by atoms with Crippen molar-refractivity contribution in [2.75, 3.05) is 13.1 Å². The molecule has 31 heavy (non-hydrogen) atoms. The number of piperidine rings is 1. The van der Waals surface area contributed by atoms with Gasteiger partial charge in [0.2, 0.25) is 11.8 Å². The molecule has 1 unspecified atom stereocenters. The third kappa shape index (κ3) is 5.57. The Labute approximate surface area is 187 Å². The van der Waals surface area contributed by atoms with Crippen molar-refractivity contribution < 1.29 is 9.59 Å². The Hall–Kier alpha value is -2.14. The predicted octanol–water partition coefficient (Wildman–Crippen LogP) is 3.62. The second kappa shape index (κ2) is 9.56. The van der Waals surface area contributed by atoms with Crippen molar-refractivity contribution in [2.45, 2.75) is 83.3 Å². The van der Waals surface area contributed by atoms with Crippen molar-refractivity contribution in [3.63, 3.8) is 0 Å². The molecule has 0 spiro atoms. The van der Waals surface area contributed by atoms with Crippen LogP contribution in [-0.2, 0) is 22.4 Å². The lowest BCUT2D eigenvalue weighted by molar-refractivity contribution is -0.138. The first-order valence-corrected chi connectivity index (χ1v) is 11.7. The molecule has 2 aliphatic rings. The molecular formula is C26H39N3O2. The third-order valence-electron chi connectivity index (χ3n) is 6.81. The van der Waals surface area contributed by atoms with E-state index >= 15 is 0 Å². The summed E-state index contributed by atoms with van der Waals surface area (Å²) in [5, 5.41) is 6.25. The second-order valence-electron chi connectivity index (χ2n) is 10.3. The average Bonchev–Trinajstić information content (AvgIpc) is 3.14. The van der Waals surface area contributed by atoms with Gasteiger partial charge in [0.15, 0.2) is 0 Å². The summed E-state index contributed by atoms with van der Waals surface area (Å²) in [5.41, 5.74) is 1.69. The van der Waals surface area contributed by atoms with E-state index in [1.54, 1.807) is 0 Å². The molecule has 1 fully saturated rings. The zero-order valence-corrected chi connectivity index (χ0v) is 19.7. The second-order valence-corrected chi connectivity index (χ2v) is 10.3. The topological polar surface area (TPSA) is 61.4 Å². The van der Waals surface area contributed by atoms with Crippen LogP contribution in [0.15, 0.2) is 36.9 Å². The van der Waals surface area contributed by atoms with Gasteiger partial charge in [-0.15, -0.1) is 6.58 Å². The Morgan fingerprint density at radius 2 is 1.68 bits per heavy atom. The zero-order valence-electron chi connectivity index (χ0n) is 19.7. The van der Waals surface area contributed by atoms with Crippen LogP contribution in [0.5, 0.6) is 0 Å². The molecule has 1 aliphatic carbocycles. The largest absolute Gasteiger partial charge is 0.349 e. The Bertz CT molecular complexity index is 780. The van der Waals surface area contributed by atoms with E-state index in [9.17, 15) is 9.59 Å². The van der Waals surface area contributed by atoms with Crippen LogP contribution in [-0.4, -0.2) is 46.9 Å². The number of likely N-dealkylation sites (tertiary alicyclic amines) is 1. The molecule has 1 aromatic rings. The van der Waals surface area contributed by atoms with E-state index in [-0.39, 0.29) is 23.3 Å². The summed E-state index contributed by atoms with van der Waals surface area (Å²) in [7, 11) is 0. The number of nitrogens with zero attached hydrogens (tertiary/aromatic N) is 1. The van der Waals surface area contributed by atoms with E-state index in [0.29, 0.717) is 18.9 Å². The average molecular weight is 426 g/mol. The first-order valence-electron chi connectivity index (χ1n) is 11.7. The fourth-order valence-electron chi connectivity index (χ4n) is 5.37. The highest BCUT2D eigenvalue weighted by Crippen LogP contribution is 2.36. The summed E-state index contributed by atoms with van der Waals surface area (Å²) < 4.78 is 0. The van der Waals surface area contributed by atoms with Crippen LogP contribution in [0.3, 0.4) is 0 Å². The van der Waals surface area contributed by atoms with Crippen LogP contribution < -0.4 is 10.6 Å². The van der Waals surface area contributed by atoms with Gasteiger partial charge in [0.1, 0.15) is 5.54 Å². The van der Waals surface area contributed by atoms with Crippen molar-refractivity contribution in [1.82, 2.24) is 15.5 Å². The molecule has 170 valence electrons. The molecule has 0 aromatic heterocycles. The fraction of sp³-hybridized carbons (Fsp3) is 0.615. The summed E-state index contributed by atoms with van der Waals surface area (Å²) in [6.45, 7) is 13.2. The molecular weight excluding hydrogens is 386 g/mol. The van der Waals surface area contributed by atoms with Gasteiger partial charge in [-0.3, -0.25) is 14.5 Å². The van der Waals surface area contributed by atoms with Gasteiger partial charge >= 0.3 is 0 Å². The highest BCUT2D eigenvalue weighted by molar-refractivity contribution is 5.91. The zero-order chi connectivity index (χ0) is 22.6. The number of amides is 2. The number of benzene rings is 1. The number of fused-ring (bicyclic) bond motifs is 1. The van der Waals surface area contributed by atoms with Crippen LogP contribution in [0.4, 0.5) is 0 Å². The smallest absolute Gasteiger partial charge is 0.246 e. The Kier molecular flexibility index (Phi) is 7.25. The van der Waals surface area contributed by atoms with Gasteiger partial charge in [-0.25, -0.2) is 0 Å². The quantitative estimate of drug-likeness (QED) is 0.656. The highest BCUT2D eigenvalue weighted by Gasteiger charge is 2.48. The molecule has 0 saturated carbocycles. The van der Waals surface area contributed by atoms with Gasteiger partial charge in [-0.2, -0.15) is 0 Å². The number of hydrogen-bond acceptors (Lipinski definition) is 3. The molecule has 0 bridgehead atoms. The van der Waals surface area contributed by atoms with Crippen molar-refractivity contribution in [3.05, 3.63) is 48.0 Å². The molecule has 1 aromatic carbocycles. The molecule has 0 radical (unpaired) electrons. The fourth-order valence-corrected chi connectivity index (χ4v) is 5.37. The maximum Gasteiger partial charge on any atom is 0.246 e. The standard InChI is InChI=1S/C26H39N3O2/c1-6-7-14-26(27-19(2)30,24(31)28-25(3,4)5)22-12-15-29(16-13-22)23-17-20-10-8-9-11-21(20)18-23/h6,8-11,22-23H,1,7,12-18H2,2-5H3,(H,27,30)(H,28,31). The molecule has 3 rings (SSSR count). The minimum atomic E-state index is -0.891. The number of nitrogens with one attached hydrogen (secondary N) is 2. The molecule has 5 nitrogen and oxygen atoms in total. The lowest BCUT2D eigenvalue weighted by atomic mass is 9.73. The molecule has 5 heteroatoms. The van der Waals surface area contributed by atoms with Gasteiger partial charge in [-0.05, 0) is 89.4 Å².